The smallest absolute Gasteiger partial charge is 0.0603 e. The number of pyridine rings is 1. The molecule has 20 heavy (non-hydrogen) atoms. The van der Waals surface area contributed by atoms with Crippen molar-refractivity contribution in [2.45, 2.75) is 27.3 Å². The molecule has 0 spiro atoms. The highest BCUT2D eigenvalue weighted by Gasteiger charge is 2.02. The van der Waals surface area contributed by atoms with E-state index in [1.807, 2.05) is 19.2 Å². The van der Waals surface area contributed by atoms with Gasteiger partial charge in [0.15, 0.2) is 0 Å². The van der Waals surface area contributed by atoms with Crippen LogP contribution in [0, 0.1) is 6.92 Å². The predicted molar refractivity (Wildman–Crippen MR) is 86.3 cm³/mol. The number of hydrogen-bond acceptors (Lipinski definition) is 3. The van der Waals surface area contributed by atoms with Crippen molar-refractivity contribution in [1.29, 1.82) is 0 Å². The van der Waals surface area contributed by atoms with E-state index in [1.54, 1.807) is 0 Å². The van der Waals surface area contributed by atoms with Crippen molar-refractivity contribution in [1.82, 2.24) is 4.98 Å². The fraction of sp³-hybridized carbons (Fsp3) is 0.353. The Morgan fingerprint density at radius 2 is 1.75 bits per heavy atom. The molecule has 0 unspecified atom stereocenters. The molecule has 0 aliphatic carbocycles. The van der Waals surface area contributed by atoms with Gasteiger partial charge >= 0.3 is 0 Å². The molecule has 0 aliphatic rings. The van der Waals surface area contributed by atoms with E-state index in [-0.39, 0.29) is 0 Å². The largest absolute Gasteiger partial charge is 0.380 e. The van der Waals surface area contributed by atoms with Crippen LogP contribution in [0.4, 0.5) is 11.4 Å². The topological polar surface area (TPSA) is 28.2 Å². The monoisotopic (exact) mass is 269 g/mol. The molecule has 0 saturated carbocycles. The number of anilines is 2. The molecule has 106 valence electrons. The van der Waals surface area contributed by atoms with Crippen LogP contribution in [-0.4, -0.2) is 18.1 Å². The minimum absolute atomic E-state index is 0.824. The van der Waals surface area contributed by atoms with Crippen molar-refractivity contribution < 1.29 is 0 Å². The first-order valence-electron chi connectivity index (χ1n) is 7.24. The molecule has 0 radical (unpaired) electrons. The molecule has 0 fully saturated rings. The lowest BCUT2D eigenvalue weighted by Gasteiger charge is -2.21. The van der Waals surface area contributed by atoms with Gasteiger partial charge in [0.2, 0.25) is 0 Å². The van der Waals surface area contributed by atoms with Crippen LogP contribution >= 0.6 is 0 Å². The Kier molecular flexibility index (Phi) is 4.99. The molecule has 3 nitrogen and oxygen atoms in total. The van der Waals surface area contributed by atoms with Crippen molar-refractivity contribution in [3.8, 4) is 0 Å². The van der Waals surface area contributed by atoms with E-state index in [1.165, 1.54) is 11.3 Å². The van der Waals surface area contributed by atoms with Crippen LogP contribution in [0.3, 0.4) is 0 Å². The first-order valence-corrected chi connectivity index (χ1v) is 7.24. The third-order valence-electron chi connectivity index (χ3n) is 3.55. The molecule has 1 aromatic heterocycles. The highest BCUT2D eigenvalue weighted by atomic mass is 15.1. The quantitative estimate of drug-likeness (QED) is 0.863. The summed E-state index contributed by atoms with van der Waals surface area (Å²) in [5.41, 5.74) is 4.70. The molecule has 0 saturated heterocycles. The zero-order valence-electron chi connectivity index (χ0n) is 12.6. The van der Waals surface area contributed by atoms with Gasteiger partial charge in [-0.25, -0.2) is 0 Å². The highest BCUT2D eigenvalue weighted by molar-refractivity contribution is 5.50. The Morgan fingerprint density at radius 3 is 2.35 bits per heavy atom. The Bertz CT molecular complexity index is 530. The van der Waals surface area contributed by atoms with E-state index in [0.717, 1.165) is 31.0 Å². The summed E-state index contributed by atoms with van der Waals surface area (Å²) in [6.45, 7) is 9.30. The molecule has 2 rings (SSSR count). The molecule has 3 heteroatoms. The Hall–Kier alpha value is -2.03. The van der Waals surface area contributed by atoms with Crippen LogP contribution < -0.4 is 10.2 Å². The van der Waals surface area contributed by atoms with Crippen LogP contribution in [0.5, 0.6) is 0 Å². The summed E-state index contributed by atoms with van der Waals surface area (Å²) in [7, 11) is 0. The van der Waals surface area contributed by atoms with E-state index in [4.69, 9.17) is 0 Å². The summed E-state index contributed by atoms with van der Waals surface area (Å²) in [5, 5.41) is 3.43. The van der Waals surface area contributed by atoms with Crippen LogP contribution in [0.25, 0.3) is 0 Å². The standard InChI is InChI=1S/C17H23N3/c1-4-20(5-2)16-10-8-15(9-11-16)13-19-17-7-6-12-18-14(17)3/h6-12,19H,4-5,13H2,1-3H3. The van der Waals surface area contributed by atoms with Gasteiger partial charge in [0.05, 0.1) is 11.4 Å². The second-order valence-corrected chi connectivity index (χ2v) is 4.83. The van der Waals surface area contributed by atoms with E-state index < -0.39 is 0 Å². The second kappa shape index (κ2) is 6.94. The van der Waals surface area contributed by atoms with Gasteiger partial charge in [0.25, 0.3) is 0 Å². The van der Waals surface area contributed by atoms with Gasteiger partial charge < -0.3 is 10.2 Å². The molecule has 2 aromatic rings. The lowest BCUT2D eigenvalue weighted by molar-refractivity contribution is 0.865. The highest BCUT2D eigenvalue weighted by Crippen LogP contribution is 2.16. The molecule has 0 bridgehead atoms. The maximum absolute atomic E-state index is 4.28. The van der Waals surface area contributed by atoms with Gasteiger partial charge in [0.1, 0.15) is 0 Å². The van der Waals surface area contributed by atoms with Gasteiger partial charge in [-0.3, -0.25) is 4.98 Å². The van der Waals surface area contributed by atoms with Crippen LogP contribution in [0.15, 0.2) is 42.6 Å². The molecule has 0 aliphatic heterocycles. The lowest BCUT2D eigenvalue weighted by Crippen LogP contribution is -2.21. The third kappa shape index (κ3) is 3.50. The van der Waals surface area contributed by atoms with Crippen molar-refractivity contribution in [2.75, 3.05) is 23.3 Å². The molecule has 1 heterocycles. The first kappa shape index (κ1) is 14.4. The summed E-state index contributed by atoms with van der Waals surface area (Å²) < 4.78 is 0. The summed E-state index contributed by atoms with van der Waals surface area (Å²) in [4.78, 5) is 6.63. The van der Waals surface area contributed by atoms with Gasteiger partial charge in [-0.1, -0.05) is 12.1 Å². The van der Waals surface area contributed by atoms with E-state index in [0.29, 0.717) is 0 Å². The Balaban J connectivity index is 1.99. The molecular formula is C17H23N3. The normalized spacial score (nSPS) is 10.3. The SMILES string of the molecule is CCN(CC)c1ccc(CNc2cccnc2C)cc1. The number of nitrogens with one attached hydrogen (secondary N) is 1. The van der Waals surface area contributed by atoms with Crippen molar-refractivity contribution in [3.05, 3.63) is 53.9 Å². The van der Waals surface area contributed by atoms with E-state index in [2.05, 4.69) is 59.4 Å². The number of nitrogens with zero attached hydrogens (tertiary/aromatic N) is 2. The zero-order valence-corrected chi connectivity index (χ0v) is 12.6. The average Bonchev–Trinajstić information content (AvgIpc) is 2.49. The minimum atomic E-state index is 0.824. The van der Waals surface area contributed by atoms with E-state index >= 15 is 0 Å². The maximum Gasteiger partial charge on any atom is 0.0603 e. The average molecular weight is 269 g/mol. The number of aromatic nitrogens is 1. The van der Waals surface area contributed by atoms with Crippen LogP contribution in [0.2, 0.25) is 0 Å². The van der Waals surface area contributed by atoms with E-state index in [9.17, 15) is 0 Å². The van der Waals surface area contributed by atoms with Gasteiger partial charge in [-0.2, -0.15) is 0 Å². The zero-order chi connectivity index (χ0) is 14.4. The number of aryl methyl sites for hydroxylation is 1. The number of benzene rings is 1. The van der Waals surface area contributed by atoms with Gasteiger partial charge in [-0.15, -0.1) is 0 Å². The molecule has 1 aromatic carbocycles. The minimum Gasteiger partial charge on any atom is -0.380 e. The molecular weight excluding hydrogens is 246 g/mol. The molecule has 0 amide bonds. The summed E-state index contributed by atoms with van der Waals surface area (Å²) in [6, 6.07) is 12.8. The van der Waals surface area contributed by atoms with Gasteiger partial charge in [0, 0.05) is 31.5 Å². The van der Waals surface area contributed by atoms with Crippen LogP contribution in [-0.2, 0) is 6.54 Å². The van der Waals surface area contributed by atoms with Crippen molar-refractivity contribution in [2.24, 2.45) is 0 Å². The summed E-state index contributed by atoms with van der Waals surface area (Å²) >= 11 is 0. The molecule has 0 atom stereocenters. The Morgan fingerprint density at radius 1 is 1.05 bits per heavy atom. The van der Waals surface area contributed by atoms with Crippen molar-refractivity contribution >= 4 is 11.4 Å². The first-order chi connectivity index (χ1) is 9.74. The Labute approximate surface area is 121 Å². The van der Waals surface area contributed by atoms with Gasteiger partial charge in [-0.05, 0) is 50.6 Å². The molecule has 1 N–H and O–H groups in total. The summed E-state index contributed by atoms with van der Waals surface area (Å²) in [6.07, 6.45) is 1.82. The number of hydrogen-bond donors (Lipinski definition) is 1. The second-order valence-electron chi connectivity index (χ2n) is 4.83. The predicted octanol–water partition coefficient (Wildman–Crippen LogP) is 3.85. The lowest BCUT2D eigenvalue weighted by atomic mass is 10.2. The fourth-order valence-corrected chi connectivity index (χ4v) is 2.28. The number of rotatable bonds is 6. The summed E-state index contributed by atoms with van der Waals surface area (Å²) in [5.74, 6) is 0. The third-order valence-corrected chi connectivity index (χ3v) is 3.55. The maximum atomic E-state index is 4.28. The van der Waals surface area contributed by atoms with Crippen molar-refractivity contribution in [3.63, 3.8) is 0 Å². The van der Waals surface area contributed by atoms with Crippen LogP contribution in [0.1, 0.15) is 25.1 Å². The fourth-order valence-electron chi connectivity index (χ4n) is 2.28.